The van der Waals surface area contributed by atoms with Gasteiger partial charge in [-0.15, -0.1) is 24.0 Å². The summed E-state index contributed by atoms with van der Waals surface area (Å²) in [5.74, 6) is 0.303. The Labute approximate surface area is 177 Å². The molecule has 0 unspecified atom stereocenters. The Balaban J connectivity index is 0.00000261. The number of hydrogen-bond donors (Lipinski definition) is 2. The second-order valence-corrected chi connectivity index (χ2v) is 6.39. The van der Waals surface area contributed by atoms with E-state index in [9.17, 15) is 4.39 Å². The normalized spacial score (nSPS) is 15.3. The van der Waals surface area contributed by atoms with Gasteiger partial charge in [0.25, 0.3) is 0 Å². The van der Waals surface area contributed by atoms with Crippen LogP contribution in [0.5, 0.6) is 0 Å². The highest BCUT2D eigenvalue weighted by Crippen LogP contribution is 2.20. The number of rotatable bonds is 6. The molecular weight excluding hydrogens is 456 g/mol. The van der Waals surface area contributed by atoms with Crippen LogP contribution in [-0.4, -0.2) is 50.1 Å². The van der Waals surface area contributed by atoms with Crippen molar-refractivity contribution in [2.75, 3.05) is 49.5 Å². The minimum Gasteiger partial charge on any atom is -0.370 e. The molecule has 0 amide bonds. The van der Waals surface area contributed by atoms with Crippen molar-refractivity contribution < 1.29 is 4.39 Å². The molecule has 0 saturated carbocycles. The van der Waals surface area contributed by atoms with Gasteiger partial charge in [-0.3, -0.25) is 9.89 Å². The van der Waals surface area contributed by atoms with Crippen molar-refractivity contribution in [3.05, 3.63) is 60.4 Å². The SMILES string of the molecule is I.NC(=NCCCN1CCN(c2ccccc2F)CC1)Nc1ccccc1. The van der Waals surface area contributed by atoms with E-state index in [1.165, 1.54) is 6.07 Å². The Hall–Kier alpha value is -1.87. The molecule has 1 saturated heterocycles. The predicted octanol–water partition coefficient (Wildman–Crippen LogP) is 3.38. The zero-order chi connectivity index (χ0) is 18.2. The molecule has 1 aliphatic heterocycles. The number of guanidine groups is 1. The van der Waals surface area contributed by atoms with Crippen LogP contribution in [0.2, 0.25) is 0 Å². The number of hydrogen-bond acceptors (Lipinski definition) is 3. The van der Waals surface area contributed by atoms with Gasteiger partial charge in [0.1, 0.15) is 5.82 Å². The monoisotopic (exact) mass is 483 g/mol. The maximum Gasteiger partial charge on any atom is 0.193 e. The van der Waals surface area contributed by atoms with Gasteiger partial charge < -0.3 is 16.0 Å². The number of para-hydroxylation sites is 2. The topological polar surface area (TPSA) is 56.9 Å². The zero-order valence-corrected chi connectivity index (χ0v) is 17.7. The summed E-state index contributed by atoms with van der Waals surface area (Å²) in [7, 11) is 0. The fourth-order valence-electron chi connectivity index (χ4n) is 3.12. The van der Waals surface area contributed by atoms with E-state index in [2.05, 4.69) is 20.1 Å². The van der Waals surface area contributed by atoms with Crippen molar-refractivity contribution in [3.63, 3.8) is 0 Å². The van der Waals surface area contributed by atoms with Crippen LogP contribution in [0.15, 0.2) is 59.6 Å². The zero-order valence-electron chi connectivity index (χ0n) is 15.4. The summed E-state index contributed by atoms with van der Waals surface area (Å²) in [5.41, 5.74) is 7.55. The summed E-state index contributed by atoms with van der Waals surface area (Å²) in [6, 6.07) is 16.8. The molecule has 27 heavy (non-hydrogen) atoms. The minimum absolute atomic E-state index is 0. The molecule has 0 aliphatic carbocycles. The fraction of sp³-hybridized carbons (Fsp3) is 0.350. The maximum absolute atomic E-state index is 13.9. The van der Waals surface area contributed by atoms with Crippen molar-refractivity contribution in [1.82, 2.24) is 4.90 Å². The predicted molar refractivity (Wildman–Crippen MR) is 122 cm³/mol. The van der Waals surface area contributed by atoms with Crippen LogP contribution < -0.4 is 16.0 Å². The lowest BCUT2D eigenvalue weighted by Gasteiger charge is -2.36. The molecular formula is C20H27FIN5. The smallest absolute Gasteiger partial charge is 0.193 e. The molecule has 5 nitrogen and oxygen atoms in total. The Bertz CT molecular complexity index is 717. The molecule has 0 radical (unpaired) electrons. The lowest BCUT2D eigenvalue weighted by atomic mass is 10.2. The Kier molecular flexibility index (Phi) is 8.80. The largest absolute Gasteiger partial charge is 0.370 e. The summed E-state index contributed by atoms with van der Waals surface area (Å²) < 4.78 is 13.9. The second-order valence-electron chi connectivity index (χ2n) is 6.39. The van der Waals surface area contributed by atoms with Gasteiger partial charge in [-0.25, -0.2) is 4.39 Å². The van der Waals surface area contributed by atoms with Gasteiger partial charge >= 0.3 is 0 Å². The van der Waals surface area contributed by atoms with Crippen molar-refractivity contribution >= 4 is 41.3 Å². The average Bonchev–Trinajstić information content (AvgIpc) is 2.67. The molecule has 3 rings (SSSR count). The van der Waals surface area contributed by atoms with E-state index in [1.54, 1.807) is 6.07 Å². The van der Waals surface area contributed by atoms with Crippen LogP contribution in [-0.2, 0) is 0 Å². The van der Waals surface area contributed by atoms with Crippen LogP contribution in [0.25, 0.3) is 0 Å². The summed E-state index contributed by atoms with van der Waals surface area (Å²) in [6.45, 7) is 5.25. The van der Waals surface area contributed by atoms with Crippen LogP contribution in [0.4, 0.5) is 15.8 Å². The van der Waals surface area contributed by atoms with E-state index in [4.69, 9.17) is 5.73 Å². The number of aliphatic imine (C=N–C) groups is 1. The first kappa shape index (κ1) is 21.4. The second kappa shape index (κ2) is 11.1. The van der Waals surface area contributed by atoms with Crippen molar-refractivity contribution in [1.29, 1.82) is 0 Å². The van der Waals surface area contributed by atoms with Gasteiger partial charge in [-0.1, -0.05) is 30.3 Å². The third-order valence-corrected chi connectivity index (χ3v) is 4.53. The Morgan fingerprint density at radius 1 is 1.00 bits per heavy atom. The van der Waals surface area contributed by atoms with Gasteiger partial charge in [-0.2, -0.15) is 0 Å². The molecule has 0 atom stereocenters. The van der Waals surface area contributed by atoms with Crippen LogP contribution in [0.1, 0.15) is 6.42 Å². The first-order valence-corrected chi connectivity index (χ1v) is 9.06. The Morgan fingerprint density at radius 3 is 2.37 bits per heavy atom. The molecule has 7 heteroatoms. The number of benzene rings is 2. The molecule has 1 aliphatic rings. The number of piperazine rings is 1. The molecule has 1 heterocycles. The van der Waals surface area contributed by atoms with Gasteiger partial charge in [0.2, 0.25) is 0 Å². The molecule has 0 spiro atoms. The number of nitrogens with one attached hydrogen (secondary N) is 1. The van der Waals surface area contributed by atoms with Gasteiger partial charge in [0.05, 0.1) is 5.69 Å². The van der Waals surface area contributed by atoms with Gasteiger partial charge in [0, 0.05) is 45.0 Å². The van der Waals surface area contributed by atoms with E-state index in [0.717, 1.165) is 44.8 Å². The summed E-state index contributed by atoms with van der Waals surface area (Å²) in [6.07, 6.45) is 0.955. The van der Waals surface area contributed by atoms with E-state index >= 15 is 0 Å². The number of anilines is 2. The quantitative estimate of drug-likeness (QED) is 0.286. The number of halogens is 2. The molecule has 0 aromatic heterocycles. The summed E-state index contributed by atoms with van der Waals surface area (Å²) in [4.78, 5) is 8.89. The van der Waals surface area contributed by atoms with Crippen molar-refractivity contribution in [3.8, 4) is 0 Å². The fourth-order valence-corrected chi connectivity index (χ4v) is 3.12. The van der Waals surface area contributed by atoms with Gasteiger partial charge in [-0.05, 0) is 30.7 Å². The maximum atomic E-state index is 13.9. The lowest BCUT2D eigenvalue weighted by molar-refractivity contribution is 0.256. The standard InChI is InChI=1S/C20H26FN5.HI/c21-18-9-4-5-10-19(18)26-15-13-25(14-16-26)12-6-11-23-20(22)24-17-7-2-1-3-8-17;/h1-5,7-10H,6,11-16H2,(H3,22,23,24);1H. The van der Waals surface area contributed by atoms with Crippen molar-refractivity contribution in [2.24, 2.45) is 10.7 Å². The first-order chi connectivity index (χ1) is 12.7. The summed E-state index contributed by atoms with van der Waals surface area (Å²) in [5, 5.41) is 3.08. The third kappa shape index (κ3) is 6.66. The number of nitrogens with two attached hydrogens (primary N) is 1. The minimum atomic E-state index is -0.142. The molecule has 0 bridgehead atoms. The lowest BCUT2D eigenvalue weighted by Crippen LogP contribution is -2.47. The van der Waals surface area contributed by atoms with E-state index in [0.29, 0.717) is 18.2 Å². The van der Waals surface area contributed by atoms with E-state index < -0.39 is 0 Å². The molecule has 3 N–H and O–H groups in total. The number of nitrogens with zero attached hydrogens (tertiary/aromatic N) is 3. The highest BCUT2D eigenvalue weighted by molar-refractivity contribution is 14.0. The molecule has 1 fully saturated rings. The molecule has 2 aromatic rings. The van der Waals surface area contributed by atoms with Crippen molar-refractivity contribution in [2.45, 2.75) is 6.42 Å². The summed E-state index contributed by atoms with van der Waals surface area (Å²) >= 11 is 0. The average molecular weight is 483 g/mol. The van der Waals surface area contributed by atoms with Gasteiger partial charge in [0.15, 0.2) is 5.96 Å². The highest BCUT2D eigenvalue weighted by atomic mass is 127. The molecule has 146 valence electrons. The van der Waals surface area contributed by atoms with Crippen LogP contribution in [0.3, 0.4) is 0 Å². The van der Waals surface area contributed by atoms with Crippen LogP contribution in [0, 0.1) is 5.82 Å². The first-order valence-electron chi connectivity index (χ1n) is 9.06. The third-order valence-electron chi connectivity index (χ3n) is 4.53. The van der Waals surface area contributed by atoms with E-state index in [-0.39, 0.29) is 29.8 Å². The van der Waals surface area contributed by atoms with Crippen LogP contribution >= 0.6 is 24.0 Å². The highest BCUT2D eigenvalue weighted by Gasteiger charge is 2.18. The Morgan fingerprint density at radius 2 is 1.67 bits per heavy atom. The molecule has 2 aromatic carbocycles. The van der Waals surface area contributed by atoms with E-state index in [1.807, 2.05) is 42.5 Å².